The number of hydrogen-bond donors (Lipinski definition) is 1. The van der Waals surface area contributed by atoms with Crippen molar-refractivity contribution < 1.29 is 17.5 Å². The van der Waals surface area contributed by atoms with E-state index in [0.29, 0.717) is 19.1 Å². The molecule has 8 heteroatoms. The third-order valence-electron chi connectivity index (χ3n) is 3.34. The van der Waals surface area contributed by atoms with Crippen molar-refractivity contribution in [3.63, 3.8) is 0 Å². The van der Waals surface area contributed by atoms with E-state index in [0.717, 1.165) is 10.4 Å². The molecule has 0 saturated heterocycles. The monoisotopic (exact) mass is 380 g/mol. The molecule has 1 aliphatic rings. The van der Waals surface area contributed by atoms with Crippen LogP contribution < -0.4 is 5.73 Å². The summed E-state index contributed by atoms with van der Waals surface area (Å²) in [7, 11) is -2.31. The Kier molecular flexibility index (Phi) is 5.24. The summed E-state index contributed by atoms with van der Waals surface area (Å²) in [5.41, 5.74) is 5.51. The topological polar surface area (TPSA) is 72.6 Å². The second-order valence-corrected chi connectivity index (χ2v) is 8.02. The van der Waals surface area contributed by atoms with E-state index in [4.69, 9.17) is 10.5 Å². The van der Waals surface area contributed by atoms with Gasteiger partial charge in [-0.15, -0.1) is 0 Å². The van der Waals surface area contributed by atoms with Crippen LogP contribution in [0.15, 0.2) is 21.5 Å². The number of benzene rings is 1. The Morgan fingerprint density at radius 2 is 2.14 bits per heavy atom. The highest BCUT2D eigenvalue weighted by Gasteiger charge is 2.25. The third kappa shape index (κ3) is 4.15. The van der Waals surface area contributed by atoms with E-state index >= 15 is 0 Å². The molecule has 2 rings (SSSR count). The van der Waals surface area contributed by atoms with Gasteiger partial charge in [0.25, 0.3) is 0 Å². The van der Waals surface area contributed by atoms with Crippen LogP contribution in [0.5, 0.6) is 0 Å². The van der Waals surface area contributed by atoms with Crippen LogP contribution >= 0.6 is 15.9 Å². The Morgan fingerprint density at radius 3 is 2.76 bits per heavy atom. The number of nitrogens with zero attached hydrogens (tertiary/aromatic N) is 1. The second-order valence-electron chi connectivity index (χ2n) is 5.15. The summed E-state index contributed by atoms with van der Waals surface area (Å²) < 4.78 is 44.8. The van der Waals surface area contributed by atoms with Crippen LogP contribution in [0.3, 0.4) is 0 Å². The fourth-order valence-electron chi connectivity index (χ4n) is 1.78. The number of ether oxygens (including phenoxy) is 1. The van der Waals surface area contributed by atoms with Crippen molar-refractivity contribution >= 4 is 31.6 Å². The quantitative estimate of drug-likeness (QED) is 0.581. The summed E-state index contributed by atoms with van der Waals surface area (Å²) in [4.78, 5) is -0.111. The highest BCUT2D eigenvalue weighted by molar-refractivity contribution is 9.10. The largest absolute Gasteiger partial charge is 0.398 e. The number of anilines is 1. The second kappa shape index (κ2) is 6.60. The highest BCUT2D eigenvalue weighted by Crippen LogP contribution is 2.29. The molecule has 21 heavy (non-hydrogen) atoms. The van der Waals surface area contributed by atoms with Crippen molar-refractivity contribution in [1.29, 1.82) is 0 Å². The van der Waals surface area contributed by atoms with Gasteiger partial charge >= 0.3 is 0 Å². The lowest BCUT2D eigenvalue weighted by Crippen LogP contribution is -2.31. The zero-order valence-corrected chi connectivity index (χ0v) is 14.1. The van der Waals surface area contributed by atoms with Crippen molar-refractivity contribution in [2.24, 2.45) is 5.92 Å². The van der Waals surface area contributed by atoms with Gasteiger partial charge < -0.3 is 10.5 Å². The molecule has 0 unspecified atom stereocenters. The summed E-state index contributed by atoms with van der Waals surface area (Å²) >= 11 is 2.97. The number of nitrogen functional groups attached to an aromatic ring is 1. The number of likely N-dealkylation sites (N-methyl/N-ethyl adjacent to an activating group) is 1. The first-order chi connectivity index (χ1) is 9.82. The standard InChI is InChI=1S/C13H18BrFN2O3S/c1-17(4-5-20-8-9-2-3-9)21(18,19)13-6-10(14)11(15)7-12(13)16/h6-7,9H,2-5,8,16H2,1H3. The Labute approximate surface area is 132 Å². The summed E-state index contributed by atoms with van der Waals surface area (Å²) in [5.74, 6) is 0.0393. The van der Waals surface area contributed by atoms with E-state index in [-0.39, 0.29) is 21.6 Å². The van der Waals surface area contributed by atoms with Crippen LogP contribution in [0, 0.1) is 11.7 Å². The molecule has 0 atom stereocenters. The highest BCUT2D eigenvalue weighted by atomic mass is 79.9. The lowest BCUT2D eigenvalue weighted by atomic mass is 10.3. The van der Waals surface area contributed by atoms with Gasteiger partial charge in [-0.25, -0.2) is 12.8 Å². The number of nitrogens with two attached hydrogens (primary N) is 1. The number of halogens is 2. The first-order valence-electron chi connectivity index (χ1n) is 6.61. The maximum absolute atomic E-state index is 13.3. The van der Waals surface area contributed by atoms with Gasteiger partial charge in [0.05, 0.1) is 16.8 Å². The Hall–Kier alpha value is -0.700. The van der Waals surface area contributed by atoms with Crippen molar-refractivity contribution in [2.75, 3.05) is 32.5 Å². The average molecular weight is 381 g/mol. The predicted octanol–water partition coefficient (Wildman–Crippen LogP) is 2.22. The van der Waals surface area contributed by atoms with Gasteiger partial charge in [-0.05, 0) is 46.8 Å². The molecule has 1 aromatic carbocycles. The van der Waals surface area contributed by atoms with E-state index < -0.39 is 15.8 Å². The normalized spacial score (nSPS) is 15.6. The van der Waals surface area contributed by atoms with E-state index in [1.54, 1.807) is 0 Å². The minimum atomic E-state index is -3.76. The number of sulfonamides is 1. The van der Waals surface area contributed by atoms with Crippen LogP contribution in [0.25, 0.3) is 0 Å². The van der Waals surface area contributed by atoms with Gasteiger partial charge in [0.2, 0.25) is 10.0 Å². The van der Waals surface area contributed by atoms with Crippen LogP contribution in [-0.4, -0.2) is 39.5 Å². The summed E-state index contributed by atoms with van der Waals surface area (Å²) in [5, 5.41) is 0. The van der Waals surface area contributed by atoms with Crippen molar-refractivity contribution in [3.05, 3.63) is 22.4 Å². The fraction of sp³-hybridized carbons (Fsp3) is 0.538. The van der Waals surface area contributed by atoms with Gasteiger partial charge in [0.1, 0.15) is 10.7 Å². The van der Waals surface area contributed by atoms with Gasteiger partial charge in [-0.1, -0.05) is 0 Å². The average Bonchev–Trinajstić information content (AvgIpc) is 3.22. The molecular formula is C13H18BrFN2O3S. The van der Waals surface area contributed by atoms with E-state index in [9.17, 15) is 12.8 Å². The fourth-order valence-corrected chi connectivity index (χ4v) is 3.55. The van der Waals surface area contributed by atoms with E-state index in [1.165, 1.54) is 26.0 Å². The molecule has 5 nitrogen and oxygen atoms in total. The van der Waals surface area contributed by atoms with Gasteiger partial charge in [0.15, 0.2) is 0 Å². The molecule has 0 heterocycles. The molecule has 1 saturated carbocycles. The van der Waals surface area contributed by atoms with Gasteiger partial charge in [0, 0.05) is 20.2 Å². The molecule has 0 aromatic heterocycles. The molecule has 0 bridgehead atoms. The maximum Gasteiger partial charge on any atom is 0.244 e. The molecule has 2 N–H and O–H groups in total. The molecule has 1 aromatic rings. The summed E-state index contributed by atoms with van der Waals surface area (Å²) in [6, 6.07) is 2.18. The molecule has 118 valence electrons. The lowest BCUT2D eigenvalue weighted by molar-refractivity contribution is 0.117. The Morgan fingerprint density at radius 1 is 1.48 bits per heavy atom. The molecule has 1 aliphatic carbocycles. The third-order valence-corrected chi connectivity index (χ3v) is 5.86. The van der Waals surface area contributed by atoms with E-state index in [2.05, 4.69) is 15.9 Å². The zero-order chi connectivity index (χ0) is 15.6. The molecule has 1 fully saturated rings. The summed E-state index contributed by atoms with van der Waals surface area (Å²) in [6.45, 7) is 1.23. The van der Waals surface area contributed by atoms with Gasteiger partial charge in [-0.3, -0.25) is 0 Å². The summed E-state index contributed by atoms with van der Waals surface area (Å²) in [6.07, 6.45) is 2.38. The van der Waals surface area contributed by atoms with Crippen LogP contribution in [0.2, 0.25) is 0 Å². The lowest BCUT2D eigenvalue weighted by Gasteiger charge is -2.18. The Bertz CT molecular complexity index is 620. The first-order valence-corrected chi connectivity index (χ1v) is 8.84. The molecular weight excluding hydrogens is 363 g/mol. The van der Waals surface area contributed by atoms with Crippen LogP contribution in [0.4, 0.5) is 10.1 Å². The molecule has 0 spiro atoms. The maximum atomic E-state index is 13.3. The molecule has 0 amide bonds. The van der Waals surface area contributed by atoms with E-state index in [1.807, 2.05) is 0 Å². The smallest absolute Gasteiger partial charge is 0.244 e. The predicted molar refractivity (Wildman–Crippen MR) is 81.9 cm³/mol. The minimum absolute atomic E-state index is 0.0636. The van der Waals surface area contributed by atoms with Crippen molar-refractivity contribution in [2.45, 2.75) is 17.7 Å². The Balaban J connectivity index is 2.03. The minimum Gasteiger partial charge on any atom is -0.398 e. The van der Waals surface area contributed by atoms with Crippen molar-refractivity contribution in [3.8, 4) is 0 Å². The first kappa shape index (κ1) is 16.7. The molecule has 0 aliphatic heterocycles. The number of rotatable bonds is 7. The van der Waals surface area contributed by atoms with Crippen LogP contribution in [-0.2, 0) is 14.8 Å². The zero-order valence-electron chi connectivity index (χ0n) is 11.7. The number of hydrogen-bond acceptors (Lipinski definition) is 4. The van der Waals surface area contributed by atoms with Crippen molar-refractivity contribution in [1.82, 2.24) is 4.31 Å². The van der Waals surface area contributed by atoms with Crippen LogP contribution in [0.1, 0.15) is 12.8 Å². The van der Waals surface area contributed by atoms with Gasteiger partial charge in [-0.2, -0.15) is 4.31 Å². The molecule has 0 radical (unpaired) electrons. The SMILES string of the molecule is CN(CCOCC1CC1)S(=O)(=O)c1cc(Br)c(F)cc1N.